The van der Waals surface area contributed by atoms with Crippen LogP contribution >= 0.6 is 11.3 Å². The Labute approximate surface area is 145 Å². The van der Waals surface area contributed by atoms with Crippen molar-refractivity contribution in [3.05, 3.63) is 53.0 Å². The molecule has 3 heterocycles. The summed E-state index contributed by atoms with van der Waals surface area (Å²) in [7, 11) is 0. The third-order valence-electron chi connectivity index (χ3n) is 4.45. The summed E-state index contributed by atoms with van der Waals surface area (Å²) in [6.07, 6.45) is 2.29. The zero-order chi connectivity index (χ0) is 16.5. The van der Waals surface area contributed by atoms with Crippen LogP contribution in [-0.2, 0) is 4.74 Å². The van der Waals surface area contributed by atoms with Gasteiger partial charge in [0.2, 0.25) is 0 Å². The van der Waals surface area contributed by atoms with Gasteiger partial charge in [-0.1, -0.05) is 18.2 Å². The van der Waals surface area contributed by atoms with E-state index in [0.29, 0.717) is 6.54 Å². The average Bonchev–Trinajstić information content (AvgIpc) is 3.31. The van der Waals surface area contributed by atoms with Gasteiger partial charge in [-0.2, -0.15) is 0 Å². The number of rotatable bonds is 4. The smallest absolute Gasteiger partial charge is 0.261 e. The lowest BCUT2D eigenvalue weighted by Crippen LogP contribution is -2.31. The Hall–Kier alpha value is -2.11. The summed E-state index contributed by atoms with van der Waals surface area (Å²) >= 11 is 1.52. The molecule has 5 heteroatoms. The number of fused-ring (bicyclic) bond motifs is 1. The monoisotopic (exact) mass is 340 g/mol. The second-order valence-electron chi connectivity index (χ2n) is 6.16. The lowest BCUT2D eigenvalue weighted by atomic mass is 10.2. The maximum Gasteiger partial charge on any atom is 0.261 e. The molecule has 4 nitrogen and oxygen atoms in total. The number of carbonyl (C=O) groups excluding carboxylic acids is 1. The number of hydrogen-bond donors (Lipinski definition) is 1. The molecule has 4 rings (SSSR count). The van der Waals surface area contributed by atoms with Crippen LogP contribution in [0.25, 0.3) is 15.9 Å². The molecule has 0 saturated carbocycles. The highest BCUT2D eigenvalue weighted by Gasteiger charge is 2.18. The highest BCUT2D eigenvalue weighted by molar-refractivity contribution is 7.16. The van der Waals surface area contributed by atoms with Crippen LogP contribution in [0.1, 0.15) is 28.2 Å². The van der Waals surface area contributed by atoms with Crippen molar-refractivity contribution in [2.45, 2.75) is 25.9 Å². The molecule has 3 aromatic rings. The van der Waals surface area contributed by atoms with E-state index in [1.165, 1.54) is 27.9 Å². The van der Waals surface area contributed by atoms with Gasteiger partial charge < -0.3 is 14.6 Å². The van der Waals surface area contributed by atoms with Gasteiger partial charge in [0.05, 0.1) is 16.5 Å². The minimum Gasteiger partial charge on any atom is -0.376 e. The van der Waals surface area contributed by atoms with Gasteiger partial charge in [-0.3, -0.25) is 4.79 Å². The minimum absolute atomic E-state index is 0.0177. The zero-order valence-electron chi connectivity index (χ0n) is 13.6. The number of benzene rings is 1. The molecule has 0 radical (unpaired) electrons. The largest absolute Gasteiger partial charge is 0.376 e. The van der Waals surface area contributed by atoms with Crippen molar-refractivity contribution in [2.75, 3.05) is 13.2 Å². The molecule has 1 fully saturated rings. The Morgan fingerprint density at radius 2 is 2.21 bits per heavy atom. The molecule has 0 bridgehead atoms. The highest BCUT2D eigenvalue weighted by Crippen LogP contribution is 2.28. The van der Waals surface area contributed by atoms with Gasteiger partial charge in [0.25, 0.3) is 5.91 Å². The fraction of sp³-hybridized carbons (Fsp3) is 0.316. The molecule has 1 unspecified atom stereocenters. The number of aromatic nitrogens is 1. The van der Waals surface area contributed by atoms with E-state index in [-0.39, 0.29) is 12.0 Å². The Bertz CT molecular complexity index is 875. The van der Waals surface area contributed by atoms with Crippen LogP contribution in [0.5, 0.6) is 0 Å². The predicted octanol–water partition coefficient (Wildman–Crippen LogP) is 3.91. The van der Waals surface area contributed by atoms with Crippen molar-refractivity contribution < 1.29 is 9.53 Å². The lowest BCUT2D eigenvalue weighted by Gasteiger charge is -2.09. The van der Waals surface area contributed by atoms with E-state index in [2.05, 4.69) is 35.0 Å². The van der Waals surface area contributed by atoms with Crippen LogP contribution in [0.2, 0.25) is 0 Å². The molecule has 1 amide bonds. The molecule has 0 spiro atoms. The van der Waals surface area contributed by atoms with Crippen LogP contribution in [0.15, 0.2) is 42.5 Å². The first-order chi connectivity index (χ1) is 11.7. The molecule has 124 valence electrons. The predicted molar refractivity (Wildman–Crippen MR) is 97.2 cm³/mol. The second-order valence-corrected chi connectivity index (χ2v) is 7.23. The standard InChI is InChI=1S/C19H20N2O2S/c1-13-11-14-5-2-3-7-16(14)21(13)18-9-8-17(24-18)19(22)20-12-15-6-4-10-23-15/h2-3,5,7-9,11,15H,4,6,10,12H2,1H3,(H,20,22). The normalized spacial score (nSPS) is 17.5. The fourth-order valence-electron chi connectivity index (χ4n) is 3.25. The maximum atomic E-state index is 12.4. The first kappa shape index (κ1) is 15.4. The number of amides is 1. The van der Waals surface area contributed by atoms with E-state index >= 15 is 0 Å². The number of nitrogens with zero attached hydrogens (tertiary/aromatic N) is 1. The van der Waals surface area contributed by atoms with Crippen LogP contribution in [-0.4, -0.2) is 29.7 Å². The molecule has 1 aliphatic heterocycles. The van der Waals surface area contributed by atoms with Crippen molar-refractivity contribution >= 4 is 28.1 Å². The number of aryl methyl sites for hydroxylation is 1. The Morgan fingerprint density at radius 3 is 3.04 bits per heavy atom. The van der Waals surface area contributed by atoms with Crippen molar-refractivity contribution in [3.8, 4) is 5.00 Å². The zero-order valence-corrected chi connectivity index (χ0v) is 14.4. The summed E-state index contributed by atoms with van der Waals surface area (Å²) in [4.78, 5) is 13.1. The van der Waals surface area contributed by atoms with Gasteiger partial charge in [0.15, 0.2) is 0 Å². The molecule has 1 N–H and O–H groups in total. The summed E-state index contributed by atoms with van der Waals surface area (Å²) in [5.74, 6) is -0.0177. The first-order valence-corrected chi connectivity index (χ1v) is 9.11. The third kappa shape index (κ3) is 2.85. The SMILES string of the molecule is Cc1cc2ccccc2n1-c1ccc(C(=O)NCC2CCCO2)s1. The van der Waals surface area contributed by atoms with Gasteiger partial charge in [-0.15, -0.1) is 11.3 Å². The van der Waals surface area contributed by atoms with Crippen molar-refractivity contribution in [2.24, 2.45) is 0 Å². The van der Waals surface area contributed by atoms with Crippen LogP contribution < -0.4 is 5.32 Å². The molecular formula is C19H20N2O2S. The molecule has 1 aliphatic rings. The third-order valence-corrected chi connectivity index (χ3v) is 5.51. The van der Waals surface area contributed by atoms with E-state index in [1.54, 1.807) is 0 Å². The van der Waals surface area contributed by atoms with E-state index in [9.17, 15) is 4.79 Å². The Balaban J connectivity index is 1.55. The summed E-state index contributed by atoms with van der Waals surface area (Å²) in [6.45, 7) is 3.50. The first-order valence-electron chi connectivity index (χ1n) is 8.29. The number of nitrogens with one attached hydrogen (secondary N) is 1. The molecule has 24 heavy (non-hydrogen) atoms. The lowest BCUT2D eigenvalue weighted by molar-refractivity contribution is 0.0861. The van der Waals surface area contributed by atoms with E-state index in [4.69, 9.17) is 4.74 Å². The van der Waals surface area contributed by atoms with Crippen LogP contribution in [0.4, 0.5) is 0 Å². The van der Waals surface area contributed by atoms with E-state index < -0.39 is 0 Å². The van der Waals surface area contributed by atoms with Crippen molar-refractivity contribution in [1.29, 1.82) is 0 Å². The van der Waals surface area contributed by atoms with E-state index in [0.717, 1.165) is 29.3 Å². The van der Waals surface area contributed by atoms with Crippen LogP contribution in [0, 0.1) is 6.92 Å². The van der Waals surface area contributed by atoms with Gasteiger partial charge in [0, 0.05) is 24.2 Å². The molecule has 2 aromatic heterocycles. The summed E-state index contributed by atoms with van der Waals surface area (Å²) in [6, 6.07) is 14.4. The van der Waals surface area contributed by atoms with Gasteiger partial charge >= 0.3 is 0 Å². The fourth-order valence-corrected chi connectivity index (χ4v) is 4.25. The maximum absolute atomic E-state index is 12.4. The molecule has 1 atom stereocenters. The topological polar surface area (TPSA) is 43.3 Å². The molecule has 1 aromatic carbocycles. The number of hydrogen-bond acceptors (Lipinski definition) is 3. The molecule has 0 aliphatic carbocycles. The quantitative estimate of drug-likeness (QED) is 0.782. The number of para-hydroxylation sites is 1. The minimum atomic E-state index is -0.0177. The highest BCUT2D eigenvalue weighted by atomic mass is 32.1. The molecule has 1 saturated heterocycles. The average molecular weight is 340 g/mol. The number of ether oxygens (including phenoxy) is 1. The Morgan fingerprint density at radius 1 is 1.33 bits per heavy atom. The van der Waals surface area contributed by atoms with Gasteiger partial charge in [-0.05, 0) is 44.0 Å². The van der Waals surface area contributed by atoms with Crippen LogP contribution in [0.3, 0.4) is 0 Å². The summed E-state index contributed by atoms with van der Waals surface area (Å²) in [5, 5.41) is 5.27. The summed E-state index contributed by atoms with van der Waals surface area (Å²) in [5.41, 5.74) is 2.34. The van der Waals surface area contributed by atoms with E-state index in [1.807, 2.05) is 24.3 Å². The van der Waals surface area contributed by atoms with Crippen molar-refractivity contribution in [1.82, 2.24) is 9.88 Å². The Kier molecular flexibility index (Phi) is 4.12. The number of thiophene rings is 1. The second kappa shape index (κ2) is 6.42. The summed E-state index contributed by atoms with van der Waals surface area (Å²) < 4.78 is 7.76. The molecular weight excluding hydrogens is 320 g/mol. The van der Waals surface area contributed by atoms with Gasteiger partial charge in [0.1, 0.15) is 5.00 Å². The number of carbonyl (C=O) groups is 1. The van der Waals surface area contributed by atoms with Crippen molar-refractivity contribution in [3.63, 3.8) is 0 Å². The van der Waals surface area contributed by atoms with Gasteiger partial charge in [-0.25, -0.2) is 0 Å².